The van der Waals surface area contributed by atoms with E-state index in [-0.39, 0.29) is 23.9 Å². The Balaban J connectivity index is 1.48. The lowest BCUT2D eigenvalue weighted by Crippen LogP contribution is -2.55. The Morgan fingerprint density at radius 3 is 1.90 bits per heavy atom. The second-order valence-corrected chi connectivity index (χ2v) is 12.4. The summed E-state index contributed by atoms with van der Waals surface area (Å²) in [5, 5.41) is 12.3. The minimum Gasteiger partial charge on any atom is -0.462 e. The number of hydrogen-bond donors (Lipinski definition) is 0. The highest BCUT2D eigenvalue weighted by atomic mass is 16.6. The molecule has 8 nitrogen and oxygen atoms in total. The summed E-state index contributed by atoms with van der Waals surface area (Å²) in [4.78, 5) is 45.6. The zero-order valence-electron chi connectivity index (χ0n) is 27.3. The van der Waals surface area contributed by atoms with Crippen molar-refractivity contribution >= 4 is 40.2 Å². The number of nitro benzene ring substituents is 1. The molecular weight excluding hydrogens is 638 g/mol. The van der Waals surface area contributed by atoms with Crippen molar-refractivity contribution in [1.29, 1.82) is 0 Å². The lowest BCUT2D eigenvalue weighted by molar-refractivity contribution is -0.385. The number of fused-ring (bicyclic) bond motifs is 3. The van der Waals surface area contributed by atoms with Crippen molar-refractivity contribution in [2.24, 2.45) is 0 Å². The molecule has 0 spiro atoms. The van der Waals surface area contributed by atoms with Gasteiger partial charge in [-0.1, -0.05) is 133 Å². The van der Waals surface area contributed by atoms with Gasteiger partial charge >= 0.3 is 0 Å². The maximum Gasteiger partial charge on any atom is 0.269 e. The molecule has 6 aromatic carbocycles. The molecule has 0 bridgehead atoms. The average Bonchev–Trinajstić information content (AvgIpc) is 3.32. The summed E-state index contributed by atoms with van der Waals surface area (Å²) in [7, 11) is 0. The minimum atomic E-state index is -1.66. The molecule has 0 saturated carbocycles. The molecular formula is C43H31N3O5. The number of carbonyl (C=O) groups is 2. The van der Waals surface area contributed by atoms with Crippen LogP contribution in [0.1, 0.15) is 45.1 Å². The summed E-state index contributed by atoms with van der Waals surface area (Å²) < 4.78 is 7.37. The summed E-state index contributed by atoms with van der Waals surface area (Å²) >= 11 is 0. The van der Waals surface area contributed by atoms with E-state index in [0.717, 1.165) is 5.56 Å². The molecule has 0 unspecified atom stereocenters. The number of non-ortho nitro benzene ring substituents is 1. The van der Waals surface area contributed by atoms with Gasteiger partial charge in [-0.15, -0.1) is 0 Å². The SMILES string of the molecule is O=C(c1ccccc1)N1c2ccccc2N2C(=O)C(c3ccccc3)=C(c3ccccc3)O[C@@]2(c2cccc([N+](=O)[O-])c2)C[C@H]1c1ccccc1. The predicted octanol–water partition coefficient (Wildman–Crippen LogP) is 9.17. The third kappa shape index (κ3) is 5.43. The molecule has 2 heterocycles. The van der Waals surface area contributed by atoms with E-state index in [1.807, 2.05) is 127 Å². The van der Waals surface area contributed by atoms with Crippen LogP contribution in [-0.4, -0.2) is 16.7 Å². The molecule has 248 valence electrons. The van der Waals surface area contributed by atoms with Gasteiger partial charge in [-0.25, -0.2) is 0 Å². The van der Waals surface area contributed by atoms with Crippen LogP contribution in [0.3, 0.4) is 0 Å². The van der Waals surface area contributed by atoms with Gasteiger partial charge in [0.05, 0.1) is 27.9 Å². The second-order valence-electron chi connectivity index (χ2n) is 12.4. The van der Waals surface area contributed by atoms with Crippen LogP contribution in [-0.2, 0) is 15.3 Å². The molecule has 2 amide bonds. The lowest BCUT2D eigenvalue weighted by Gasteiger charge is -2.48. The first kappa shape index (κ1) is 31.5. The Labute approximate surface area is 294 Å². The summed E-state index contributed by atoms with van der Waals surface area (Å²) in [6.45, 7) is 0. The molecule has 0 N–H and O–H groups in total. The molecule has 2 aliphatic heterocycles. The number of nitrogens with zero attached hydrogens (tertiary/aromatic N) is 3. The molecule has 2 aliphatic rings. The van der Waals surface area contributed by atoms with E-state index in [9.17, 15) is 14.9 Å². The fourth-order valence-corrected chi connectivity index (χ4v) is 7.19. The average molecular weight is 670 g/mol. The van der Waals surface area contributed by atoms with Gasteiger partial charge in [0.25, 0.3) is 17.5 Å². The maximum absolute atomic E-state index is 15.6. The third-order valence-corrected chi connectivity index (χ3v) is 9.47. The van der Waals surface area contributed by atoms with Crippen molar-refractivity contribution < 1.29 is 19.2 Å². The molecule has 8 rings (SSSR count). The monoisotopic (exact) mass is 669 g/mol. The lowest BCUT2D eigenvalue weighted by atomic mass is 9.86. The van der Waals surface area contributed by atoms with E-state index in [1.165, 1.54) is 12.1 Å². The quantitative estimate of drug-likeness (QED) is 0.130. The normalized spacial score (nSPS) is 18.3. The van der Waals surface area contributed by atoms with Gasteiger partial charge in [-0.05, 0) is 35.4 Å². The maximum atomic E-state index is 15.6. The van der Waals surface area contributed by atoms with Gasteiger partial charge < -0.3 is 4.74 Å². The Bertz CT molecular complexity index is 2290. The number of para-hydroxylation sites is 2. The van der Waals surface area contributed by atoms with E-state index in [4.69, 9.17) is 4.74 Å². The Kier molecular flexibility index (Phi) is 7.96. The molecule has 0 saturated heterocycles. The van der Waals surface area contributed by atoms with E-state index in [2.05, 4.69) is 0 Å². The first-order valence-electron chi connectivity index (χ1n) is 16.6. The zero-order valence-corrected chi connectivity index (χ0v) is 27.3. The van der Waals surface area contributed by atoms with Crippen molar-refractivity contribution in [3.05, 3.63) is 208 Å². The number of amides is 2. The van der Waals surface area contributed by atoms with Crippen LogP contribution in [0.15, 0.2) is 170 Å². The first-order valence-corrected chi connectivity index (χ1v) is 16.6. The van der Waals surface area contributed by atoms with E-state index < -0.39 is 16.7 Å². The number of rotatable bonds is 6. The van der Waals surface area contributed by atoms with Crippen LogP contribution < -0.4 is 9.80 Å². The van der Waals surface area contributed by atoms with Crippen molar-refractivity contribution in [1.82, 2.24) is 0 Å². The highest BCUT2D eigenvalue weighted by molar-refractivity contribution is 6.33. The van der Waals surface area contributed by atoms with Crippen molar-refractivity contribution in [2.45, 2.75) is 18.2 Å². The van der Waals surface area contributed by atoms with Gasteiger partial charge in [0.15, 0.2) is 0 Å². The van der Waals surface area contributed by atoms with Crippen LogP contribution in [0.25, 0.3) is 11.3 Å². The van der Waals surface area contributed by atoms with Crippen LogP contribution in [0, 0.1) is 10.1 Å². The van der Waals surface area contributed by atoms with E-state index >= 15 is 4.79 Å². The standard InChI is InChI=1S/C43H31N3O5/c47-41(33-22-11-4-12-23-33)44-36-26-13-14-27-37(36)45-42(48)39(31-18-7-2-8-19-31)40(32-20-9-3-10-21-32)51-43(45,29-38(44)30-16-5-1-6-17-30)34-24-15-25-35(28-34)46(49)50/h1-28,38H,29H2/t38-,43+/m0/s1. The molecule has 2 atom stereocenters. The summed E-state index contributed by atoms with van der Waals surface area (Å²) in [5.41, 5.74) is 2.44. The Morgan fingerprint density at radius 1 is 0.686 bits per heavy atom. The Morgan fingerprint density at radius 2 is 1.25 bits per heavy atom. The predicted molar refractivity (Wildman–Crippen MR) is 197 cm³/mol. The zero-order chi connectivity index (χ0) is 35.0. The summed E-state index contributed by atoms with van der Waals surface area (Å²) in [6, 6.07) is 50.2. The van der Waals surface area contributed by atoms with Gasteiger partial charge in [0.2, 0.25) is 5.72 Å². The summed E-state index contributed by atoms with van der Waals surface area (Å²) in [6.07, 6.45) is 0.0373. The topological polar surface area (TPSA) is 93.0 Å². The van der Waals surface area contributed by atoms with Crippen LogP contribution >= 0.6 is 0 Å². The second kappa shape index (κ2) is 12.9. The number of carbonyl (C=O) groups excluding carboxylic acids is 2. The number of ether oxygens (including phenoxy) is 1. The Hall–Kier alpha value is -6.80. The van der Waals surface area contributed by atoms with Gasteiger partial charge in [-0.2, -0.15) is 0 Å². The number of nitro groups is 1. The van der Waals surface area contributed by atoms with Crippen LogP contribution in [0.5, 0.6) is 0 Å². The largest absolute Gasteiger partial charge is 0.462 e. The summed E-state index contributed by atoms with van der Waals surface area (Å²) in [5.74, 6) is -0.300. The van der Waals surface area contributed by atoms with Crippen molar-refractivity contribution in [3.8, 4) is 0 Å². The fourth-order valence-electron chi connectivity index (χ4n) is 7.19. The number of anilines is 2. The highest BCUT2D eigenvalue weighted by Gasteiger charge is 2.56. The minimum absolute atomic E-state index is 0.0373. The van der Waals surface area contributed by atoms with Crippen LogP contribution in [0.2, 0.25) is 0 Å². The van der Waals surface area contributed by atoms with Gasteiger partial charge in [-0.3, -0.25) is 29.5 Å². The van der Waals surface area contributed by atoms with Gasteiger partial charge in [0.1, 0.15) is 5.76 Å². The van der Waals surface area contributed by atoms with Crippen molar-refractivity contribution in [3.63, 3.8) is 0 Å². The highest BCUT2D eigenvalue weighted by Crippen LogP contribution is 2.56. The molecule has 0 radical (unpaired) electrons. The molecule has 0 fully saturated rings. The van der Waals surface area contributed by atoms with Crippen LogP contribution in [0.4, 0.5) is 17.1 Å². The molecule has 51 heavy (non-hydrogen) atoms. The molecule has 6 aromatic rings. The molecule has 0 aliphatic carbocycles. The molecule has 0 aromatic heterocycles. The van der Waals surface area contributed by atoms with E-state index in [1.54, 1.807) is 40.1 Å². The smallest absolute Gasteiger partial charge is 0.269 e. The van der Waals surface area contributed by atoms with Crippen molar-refractivity contribution in [2.75, 3.05) is 9.80 Å². The number of benzene rings is 6. The first-order chi connectivity index (χ1) is 25.0. The fraction of sp³-hybridized carbons (Fsp3) is 0.0698. The third-order valence-electron chi connectivity index (χ3n) is 9.47. The van der Waals surface area contributed by atoms with E-state index in [0.29, 0.717) is 45.0 Å². The number of hydrogen-bond acceptors (Lipinski definition) is 5. The van der Waals surface area contributed by atoms with Gasteiger partial charge in [0, 0.05) is 35.2 Å². The molecule has 8 heteroatoms.